The Balaban J connectivity index is 1.19. The molecule has 2 heterocycles. The van der Waals surface area contributed by atoms with Gasteiger partial charge in [0.1, 0.15) is 4.90 Å². The van der Waals surface area contributed by atoms with Crippen LogP contribution in [0.3, 0.4) is 0 Å². The van der Waals surface area contributed by atoms with Crippen LogP contribution in [0.2, 0.25) is 0 Å². The number of aromatic nitrogens is 1. The minimum Gasteiger partial charge on any atom is -0.493 e. The van der Waals surface area contributed by atoms with Gasteiger partial charge in [-0.05, 0) is 64.6 Å². The number of carbonyl (C=O) groups excluding carboxylic acids is 1. The number of ether oxygens (including phenoxy) is 2. The van der Waals surface area contributed by atoms with Crippen molar-refractivity contribution in [3.05, 3.63) is 150 Å². The number of carbonyl (C=O) groups is 1. The first-order chi connectivity index (χ1) is 24.4. The lowest BCUT2D eigenvalue weighted by Crippen LogP contribution is -2.29. The summed E-state index contributed by atoms with van der Waals surface area (Å²) in [5.74, 6) is -0.129. The van der Waals surface area contributed by atoms with Crippen LogP contribution in [0.5, 0.6) is 11.5 Å². The van der Waals surface area contributed by atoms with E-state index in [9.17, 15) is 13.2 Å². The number of fused-ring (bicyclic) bond motifs is 2. The summed E-state index contributed by atoms with van der Waals surface area (Å²) in [4.78, 5) is 17.1. The Hall–Kier alpha value is -5.80. The number of nitrogens with zero attached hydrogens (tertiary/aromatic N) is 1. The molecule has 2 N–H and O–H groups in total. The molecule has 0 saturated heterocycles. The first kappa shape index (κ1) is 32.7. The Morgan fingerprint density at radius 1 is 0.880 bits per heavy atom. The van der Waals surface area contributed by atoms with Crippen LogP contribution >= 0.6 is 0 Å². The van der Waals surface area contributed by atoms with Crippen LogP contribution in [0, 0.1) is 0 Å². The van der Waals surface area contributed by atoms with Crippen LogP contribution in [-0.2, 0) is 21.2 Å². The molecular weight excluding hydrogens is 647 g/mol. The number of amides is 1. The monoisotopic (exact) mass is 683 g/mol. The quantitative estimate of drug-likeness (QED) is 0.137. The third-order valence-electron chi connectivity index (χ3n) is 9.15. The van der Waals surface area contributed by atoms with Crippen molar-refractivity contribution in [1.29, 1.82) is 0 Å². The van der Waals surface area contributed by atoms with Crippen LogP contribution < -0.4 is 19.1 Å². The molecule has 1 amide bonds. The van der Waals surface area contributed by atoms with E-state index in [-0.39, 0.29) is 28.2 Å². The minimum absolute atomic E-state index is 0.0342. The SMILES string of the molecule is COc1cc(/C=C/C(=O)NC[C@H](c2ccccc2)c2c(-c3ccccc3)[nH]c3ccccc23)cc(S(=O)(=O)N2CCc3ccccc32)c1OC. The van der Waals surface area contributed by atoms with Crippen molar-refractivity contribution in [2.75, 3.05) is 31.6 Å². The van der Waals surface area contributed by atoms with Crippen LogP contribution in [0.4, 0.5) is 5.69 Å². The van der Waals surface area contributed by atoms with Gasteiger partial charge in [-0.25, -0.2) is 8.42 Å². The number of hydrogen-bond donors (Lipinski definition) is 2. The fraction of sp³-hybridized carbons (Fsp3) is 0.146. The molecule has 7 rings (SSSR count). The Morgan fingerprint density at radius 2 is 1.58 bits per heavy atom. The van der Waals surface area contributed by atoms with Gasteiger partial charge in [0, 0.05) is 36.0 Å². The fourth-order valence-electron chi connectivity index (χ4n) is 6.78. The highest BCUT2D eigenvalue weighted by atomic mass is 32.2. The van der Waals surface area contributed by atoms with Gasteiger partial charge in [0.15, 0.2) is 11.5 Å². The van der Waals surface area contributed by atoms with Crippen molar-refractivity contribution in [2.24, 2.45) is 0 Å². The van der Waals surface area contributed by atoms with Crippen molar-refractivity contribution < 1.29 is 22.7 Å². The Morgan fingerprint density at radius 3 is 2.34 bits per heavy atom. The second kappa shape index (κ2) is 14.0. The van der Waals surface area contributed by atoms with E-state index in [0.717, 1.165) is 38.9 Å². The van der Waals surface area contributed by atoms with Gasteiger partial charge in [-0.2, -0.15) is 0 Å². The predicted octanol–water partition coefficient (Wildman–Crippen LogP) is 7.57. The van der Waals surface area contributed by atoms with Gasteiger partial charge in [-0.15, -0.1) is 0 Å². The molecule has 0 aliphatic carbocycles. The van der Waals surface area contributed by atoms with Gasteiger partial charge in [0.25, 0.3) is 10.0 Å². The van der Waals surface area contributed by atoms with Gasteiger partial charge >= 0.3 is 0 Å². The lowest BCUT2D eigenvalue weighted by molar-refractivity contribution is -0.116. The third kappa shape index (κ3) is 6.23. The summed E-state index contributed by atoms with van der Waals surface area (Å²) in [6.45, 7) is 0.648. The molecule has 8 nitrogen and oxygen atoms in total. The number of benzene rings is 5. The molecule has 0 unspecified atom stereocenters. The summed E-state index contributed by atoms with van der Waals surface area (Å²) >= 11 is 0. The minimum atomic E-state index is -4.02. The number of aromatic amines is 1. The van der Waals surface area contributed by atoms with Gasteiger partial charge < -0.3 is 19.8 Å². The number of sulfonamides is 1. The van der Waals surface area contributed by atoms with Crippen molar-refractivity contribution in [3.8, 4) is 22.8 Å². The lowest BCUT2D eigenvalue weighted by Gasteiger charge is -2.22. The van der Waals surface area contributed by atoms with E-state index in [1.54, 1.807) is 18.2 Å². The number of hydrogen-bond acceptors (Lipinski definition) is 5. The maximum Gasteiger partial charge on any atom is 0.268 e. The second-order valence-electron chi connectivity index (χ2n) is 12.1. The zero-order valence-electron chi connectivity index (χ0n) is 27.8. The second-order valence-corrected chi connectivity index (χ2v) is 13.9. The molecule has 5 aromatic carbocycles. The number of nitrogens with one attached hydrogen (secondary N) is 2. The molecule has 1 aromatic heterocycles. The predicted molar refractivity (Wildman–Crippen MR) is 198 cm³/mol. The molecule has 6 aromatic rings. The van der Waals surface area contributed by atoms with E-state index in [4.69, 9.17) is 9.47 Å². The van der Waals surface area contributed by atoms with Crippen LogP contribution in [0.1, 0.15) is 28.2 Å². The topological polar surface area (TPSA) is 101 Å². The Kier molecular flexibility index (Phi) is 9.15. The zero-order valence-corrected chi connectivity index (χ0v) is 28.6. The Labute approximate surface area is 292 Å². The molecule has 1 aliphatic rings. The number of rotatable bonds is 11. The van der Waals surface area contributed by atoms with Crippen LogP contribution in [0.15, 0.2) is 132 Å². The molecular formula is C41H37N3O5S. The average Bonchev–Trinajstić information content (AvgIpc) is 3.77. The summed E-state index contributed by atoms with van der Waals surface area (Å²) in [6, 6.07) is 39.2. The molecule has 0 bridgehead atoms. The molecule has 0 spiro atoms. The Bertz CT molecular complexity index is 2300. The number of anilines is 1. The van der Waals surface area contributed by atoms with Crippen LogP contribution in [-0.4, -0.2) is 46.6 Å². The highest BCUT2D eigenvalue weighted by Gasteiger charge is 2.34. The maximum absolute atomic E-state index is 14.1. The molecule has 252 valence electrons. The summed E-state index contributed by atoms with van der Waals surface area (Å²) in [5.41, 5.74) is 7.33. The first-order valence-corrected chi connectivity index (χ1v) is 17.9. The van der Waals surface area contributed by atoms with E-state index < -0.39 is 10.0 Å². The average molecular weight is 684 g/mol. The summed E-state index contributed by atoms with van der Waals surface area (Å²) in [6.07, 6.45) is 3.62. The number of H-pyrrole nitrogens is 1. The molecule has 9 heteroatoms. The maximum atomic E-state index is 14.1. The van der Waals surface area contributed by atoms with Crippen molar-refractivity contribution >= 4 is 38.6 Å². The van der Waals surface area contributed by atoms with Crippen molar-refractivity contribution in [2.45, 2.75) is 17.2 Å². The van der Waals surface area contributed by atoms with Gasteiger partial charge in [-0.1, -0.05) is 97.1 Å². The van der Waals surface area contributed by atoms with E-state index >= 15 is 0 Å². The molecule has 1 atom stereocenters. The van der Waals surface area contributed by atoms with E-state index in [1.165, 1.54) is 30.7 Å². The van der Waals surface area contributed by atoms with E-state index in [0.29, 0.717) is 30.8 Å². The number of para-hydroxylation sites is 2. The van der Waals surface area contributed by atoms with E-state index in [2.05, 4.69) is 46.7 Å². The standard InChI is InChI=1S/C41H37N3O5S/c1-48-36-25-28(26-37(41(36)49-2)50(46,47)44-24-23-30-15-9-12-20-35(30)44)21-22-38(45)42-27-33(29-13-5-3-6-14-29)39-32-18-10-11-19-34(32)43-40(39)31-16-7-4-8-17-31/h3-22,25-26,33,43H,23-24,27H2,1-2H3,(H,42,45)/b22-21+/t33-/m1/s1. The van der Waals surface area contributed by atoms with Crippen molar-refractivity contribution in [1.82, 2.24) is 10.3 Å². The normalized spacial score (nSPS) is 13.4. The van der Waals surface area contributed by atoms with Gasteiger partial charge in [0.2, 0.25) is 5.91 Å². The zero-order chi connectivity index (χ0) is 34.7. The van der Waals surface area contributed by atoms with Crippen LogP contribution in [0.25, 0.3) is 28.2 Å². The van der Waals surface area contributed by atoms with Crippen molar-refractivity contribution in [3.63, 3.8) is 0 Å². The van der Waals surface area contributed by atoms with E-state index in [1.807, 2.05) is 66.7 Å². The largest absolute Gasteiger partial charge is 0.493 e. The molecule has 1 aliphatic heterocycles. The number of methoxy groups -OCH3 is 2. The smallest absolute Gasteiger partial charge is 0.268 e. The summed E-state index contributed by atoms with van der Waals surface area (Å²) < 4.78 is 40.7. The lowest BCUT2D eigenvalue weighted by atomic mass is 9.87. The highest BCUT2D eigenvalue weighted by molar-refractivity contribution is 7.93. The van der Waals surface area contributed by atoms with Gasteiger partial charge in [0.05, 0.1) is 25.6 Å². The molecule has 0 saturated carbocycles. The first-order valence-electron chi connectivity index (χ1n) is 16.4. The highest BCUT2D eigenvalue weighted by Crippen LogP contribution is 2.41. The fourth-order valence-corrected chi connectivity index (χ4v) is 8.49. The van der Waals surface area contributed by atoms with Gasteiger partial charge in [-0.3, -0.25) is 9.10 Å². The molecule has 0 fully saturated rings. The molecule has 50 heavy (non-hydrogen) atoms. The molecule has 0 radical (unpaired) electrons. The summed E-state index contributed by atoms with van der Waals surface area (Å²) in [7, 11) is -1.15. The summed E-state index contributed by atoms with van der Waals surface area (Å²) in [5, 5.41) is 4.20. The third-order valence-corrected chi connectivity index (χ3v) is 11.0.